The molecule has 1 aliphatic rings. The van der Waals surface area contributed by atoms with Crippen molar-refractivity contribution >= 4 is 24.6 Å². The van der Waals surface area contributed by atoms with Crippen molar-refractivity contribution in [2.45, 2.75) is 82.4 Å². The van der Waals surface area contributed by atoms with Crippen LogP contribution in [0.3, 0.4) is 0 Å². The van der Waals surface area contributed by atoms with Crippen molar-refractivity contribution in [3.05, 3.63) is 12.7 Å². The number of aliphatic hydroxyl groups is 3. The molecule has 6 atom stereocenters. The highest BCUT2D eigenvalue weighted by Gasteiger charge is 2.48. The zero-order chi connectivity index (χ0) is 23.7. The van der Waals surface area contributed by atoms with E-state index in [-0.39, 0.29) is 19.3 Å². The molecule has 12 nitrogen and oxygen atoms in total. The van der Waals surface area contributed by atoms with E-state index in [0.29, 0.717) is 23.4 Å². The second-order valence-electron chi connectivity index (χ2n) is 7.92. The lowest BCUT2D eigenvalue weighted by Gasteiger charge is -2.33. The summed E-state index contributed by atoms with van der Waals surface area (Å²) < 4.78 is 25.6. The SMILES string of the molecule is CCC(CC1O[C@@H](n2cnc3c(NC)ncnc32)[C@H](O)[C@@H]1O)OP(=O)(O)C(O)(CC)CC. The van der Waals surface area contributed by atoms with Crippen molar-refractivity contribution in [2.24, 2.45) is 0 Å². The van der Waals surface area contributed by atoms with Crippen LogP contribution in [0.25, 0.3) is 11.2 Å². The maximum atomic E-state index is 12.7. The predicted molar refractivity (Wildman–Crippen MR) is 116 cm³/mol. The summed E-state index contributed by atoms with van der Waals surface area (Å²) in [6.45, 7) is 4.98. The quantitative estimate of drug-likeness (QED) is 0.315. The summed E-state index contributed by atoms with van der Waals surface area (Å²) in [5, 5.41) is 32.8. The molecule has 0 aliphatic carbocycles. The molecule has 0 radical (unpaired) electrons. The summed E-state index contributed by atoms with van der Waals surface area (Å²) in [4.78, 5) is 23.0. The van der Waals surface area contributed by atoms with Crippen LogP contribution in [0.2, 0.25) is 0 Å². The number of imidazole rings is 1. The Bertz CT molecular complexity index is 969. The topological polar surface area (TPSA) is 172 Å². The molecule has 0 bridgehead atoms. The number of nitrogens with one attached hydrogen (secondary N) is 1. The van der Waals surface area contributed by atoms with Crippen molar-refractivity contribution in [2.75, 3.05) is 12.4 Å². The average molecular weight is 473 g/mol. The number of fused-ring (bicyclic) bond motifs is 1. The minimum Gasteiger partial charge on any atom is -0.388 e. The number of anilines is 1. The van der Waals surface area contributed by atoms with Crippen LogP contribution in [0.1, 0.15) is 52.7 Å². The molecule has 3 unspecified atom stereocenters. The normalized spacial score (nSPS) is 26.9. The molecule has 0 amide bonds. The zero-order valence-corrected chi connectivity index (χ0v) is 19.5. The van der Waals surface area contributed by atoms with Gasteiger partial charge in [0.1, 0.15) is 24.1 Å². The second-order valence-corrected chi connectivity index (χ2v) is 10.0. The second kappa shape index (κ2) is 9.68. The molecule has 2 aromatic rings. The molecular weight excluding hydrogens is 441 g/mol. The van der Waals surface area contributed by atoms with Gasteiger partial charge in [0, 0.05) is 13.5 Å². The molecule has 1 saturated heterocycles. The van der Waals surface area contributed by atoms with Crippen LogP contribution < -0.4 is 5.32 Å². The van der Waals surface area contributed by atoms with Gasteiger partial charge < -0.3 is 34.8 Å². The smallest absolute Gasteiger partial charge is 0.359 e. The number of ether oxygens (including phenoxy) is 1. The first-order valence-corrected chi connectivity index (χ1v) is 12.3. The largest absolute Gasteiger partial charge is 0.388 e. The van der Waals surface area contributed by atoms with Crippen LogP contribution in [0, 0.1) is 0 Å². The van der Waals surface area contributed by atoms with Crippen LogP contribution >= 0.6 is 7.60 Å². The summed E-state index contributed by atoms with van der Waals surface area (Å²) in [6.07, 6.45) is -1.88. The Morgan fingerprint density at radius 2 is 1.94 bits per heavy atom. The summed E-state index contributed by atoms with van der Waals surface area (Å²) in [5.74, 6) is 0.510. The Morgan fingerprint density at radius 1 is 1.25 bits per heavy atom. The highest BCUT2D eigenvalue weighted by molar-refractivity contribution is 7.54. The third-order valence-corrected chi connectivity index (χ3v) is 8.38. The Morgan fingerprint density at radius 3 is 2.53 bits per heavy atom. The predicted octanol–water partition coefficient (Wildman–Crippen LogP) is 1.37. The van der Waals surface area contributed by atoms with E-state index in [1.165, 1.54) is 17.2 Å². The van der Waals surface area contributed by atoms with Gasteiger partial charge in [-0.25, -0.2) is 15.0 Å². The standard InChI is InChI=1S/C19H32N5O7P/c1-5-11(31-32(28,29)19(27,6-2)7-3)8-12-14(25)15(26)18(30-12)24-10-23-13-16(20-4)21-9-22-17(13)24/h9-12,14-15,18,25-27H,5-8H2,1-4H3,(H,28,29)(H,20,21,22)/t11?,12?,14-,15-,18-/m1/s1. The van der Waals surface area contributed by atoms with Crippen LogP contribution in [-0.4, -0.2) is 76.5 Å². The number of nitrogens with zero attached hydrogens (tertiary/aromatic N) is 4. The van der Waals surface area contributed by atoms with Gasteiger partial charge in [0.25, 0.3) is 0 Å². The third kappa shape index (κ3) is 4.41. The van der Waals surface area contributed by atoms with Crippen LogP contribution in [-0.2, 0) is 13.8 Å². The molecule has 0 saturated carbocycles. The fourth-order valence-corrected chi connectivity index (χ4v) is 5.50. The molecule has 0 aromatic carbocycles. The van der Waals surface area contributed by atoms with Crippen LogP contribution in [0.5, 0.6) is 0 Å². The van der Waals surface area contributed by atoms with E-state index in [0.717, 1.165) is 0 Å². The van der Waals surface area contributed by atoms with Gasteiger partial charge in [-0.1, -0.05) is 20.8 Å². The summed E-state index contributed by atoms with van der Waals surface area (Å²) >= 11 is 0. The fourth-order valence-electron chi connectivity index (χ4n) is 3.87. The maximum absolute atomic E-state index is 12.7. The Labute approximate surface area is 186 Å². The van der Waals surface area contributed by atoms with Crippen LogP contribution in [0.15, 0.2) is 12.7 Å². The van der Waals surface area contributed by atoms with Crippen LogP contribution in [0.4, 0.5) is 5.82 Å². The zero-order valence-electron chi connectivity index (χ0n) is 18.6. The van der Waals surface area contributed by atoms with E-state index in [9.17, 15) is 24.8 Å². The van der Waals surface area contributed by atoms with Gasteiger partial charge in [-0.3, -0.25) is 9.13 Å². The van der Waals surface area contributed by atoms with Crippen molar-refractivity contribution in [1.29, 1.82) is 0 Å². The summed E-state index contributed by atoms with van der Waals surface area (Å²) in [6, 6.07) is 0. The van der Waals surface area contributed by atoms with Gasteiger partial charge in [0.2, 0.25) is 0 Å². The maximum Gasteiger partial charge on any atom is 0.359 e. The molecule has 3 heterocycles. The van der Waals surface area contributed by atoms with E-state index in [4.69, 9.17) is 9.26 Å². The lowest BCUT2D eigenvalue weighted by Crippen LogP contribution is -2.35. The van der Waals surface area contributed by atoms with Gasteiger partial charge in [-0.2, -0.15) is 0 Å². The van der Waals surface area contributed by atoms with Crippen molar-refractivity contribution in [3.8, 4) is 0 Å². The first kappa shape index (κ1) is 25.0. The van der Waals surface area contributed by atoms with E-state index in [1.54, 1.807) is 27.8 Å². The Balaban J connectivity index is 1.78. The van der Waals surface area contributed by atoms with Crippen molar-refractivity contribution < 1.29 is 34.0 Å². The Kier molecular flexibility index (Phi) is 7.55. The first-order chi connectivity index (χ1) is 15.1. The van der Waals surface area contributed by atoms with Crippen molar-refractivity contribution in [1.82, 2.24) is 19.5 Å². The molecule has 180 valence electrons. The highest BCUT2D eigenvalue weighted by Crippen LogP contribution is 2.58. The van der Waals surface area contributed by atoms with Gasteiger partial charge in [-0.05, 0) is 19.3 Å². The Hall–Kier alpha value is -1.66. The van der Waals surface area contributed by atoms with E-state index in [2.05, 4.69) is 20.3 Å². The number of rotatable bonds is 10. The molecule has 32 heavy (non-hydrogen) atoms. The number of aliphatic hydroxyl groups excluding tert-OH is 2. The first-order valence-electron chi connectivity index (χ1n) is 10.7. The lowest BCUT2D eigenvalue weighted by atomic mass is 10.0. The molecule has 2 aromatic heterocycles. The van der Waals surface area contributed by atoms with Crippen molar-refractivity contribution in [3.63, 3.8) is 0 Å². The number of hydrogen-bond acceptors (Lipinski definition) is 10. The van der Waals surface area contributed by atoms with E-state index < -0.39 is 43.6 Å². The molecule has 1 fully saturated rings. The summed E-state index contributed by atoms with van der Waals surface area (Å²) in [7, 11) is -2.67. The fraction of sp³-hybridized carbons (Fsp3) is 0.737. The molecule has 13 heteroatoms. The minimum atomic E-state index is -4.37. The van der Waals surface area contributed by atoms with Gasteiger partial charge in [0.15, 0.2) is 23.0 Å². The molecule has 1 aliphatic heterocycles. The summed E-state index contributed by atoms with van der Waals surface area (Å²) in [5.41, 5.74) is 0.901. The molecule has 5 N–H and O–H groups in total. The average Bonchev–Trinajstić information content (AvgIpc) is 3.33. The minimum absolute atomic E-state index is 0.0443. The van der Waals surface area contributed by atoms with E-state index >= 15 is 0 Å². The molecular formula is C19H32N5O7P. The van der Waals surface area contributed by atoms with Gasteiger partial charge in [0.05, 0.1) is 18.5 Å². The van der Waals surface area contributed by atoms with E-state index in [1.807, 2.05) is 0 Å². The van der Waals surface area contributed by atoms with Gasteiger partial charge >= 0.3 is 7.60 Å². The molecule has 0 spiro atoms. The number of aromatic nitrogens is 4. The highest BCUT2D eigenvalue weighted by atomic mass is 31.2. The third-order valence-electron chi connectivity index (χ3n) is 6.11. The monoisotopic (exact) mass is 473 g/mol. The van der Waals surface area contributed by atoms with Gasteiger partial charge in [-0.15, -0.1) is 0 Å². The molecule has 3 rings (SSSR count). The number of hydrogen-bond donors (Lipinski definition) is 5. The lowest BCUT2D eigenvalue weighted by molar-refractivity contribution is -0.0493.